The zero-order valence-electron chi connectivity index (χ0n) is 9.06. The lowest BCUT2D eigenvalue weighted by Crippen LogP contribution is -2.24. The van der Waals surface area contributed by atoms with Crippen LogP contribution in [0.25, 0.3) is 0 Å². The van der Waals surface area contributed by atoms with Gasteiger partial charge in [0.05, 0.1) is 11.1 Å². The number of nitrogens with zero attached hydrogens (tertiary/aromatic N) is 1. The zero-order chi connectivity index (χ0) is 10.8. The molecule has 1 aliphatic rings. The second kappa shape index (κ2) is 4.27. The molecule has 3 heteroatoms. The summed E-state index contributed by atoms with van der Waals surface area (Å²) in [4.78, 5) is 14.5. The van der Waals surface area contributed by atoms with Crippen LogP contribution < -0.4 is 4.90 Å². The first-order chi connectivity index (χ1) is 7.18. The van der Waals surface area contributed by atoms with E-state index < -0.39 is 0 Å². The summed E-state index contributed by atoms with van der Waals surface area (Å²) in [5.74, 6) is 0.278. The van der Waals surface area contributed by atoms with E-state index in [-0.39, 0.29) is 5.78 Å². The number of ketones is 1. The Hall–Kier alpha value is -0.960. The van der Waals surface area contributed by atoms with Crippen molar-refractivity contribution in [3.05, 3.63) is 24.3 Å². The van der Waals surface area contributed by atoms with Gasteiger partial charge in [0.2, 0.25) is 0 Å². The van der Waals surface area contributed by atoms with Crippen LogP contribution in [-0.2, 0) is 4.79 Å². The van der Waals surface area contributed by atoms with Gasteiger partial charge in [-0.25, -0.2) is 0 Å². The van der Waals surface area contributed by atoms with Crippen LogP contribution in [-0.4, -0.2) is 18.2 Å². The number of thioether (sulfide) groups is 1. The number of Topliss-reactive ketones (excluding diaryl/α,β-unsaturated/α-hetero) is 1. The van der Waals surface area contributed by atoms with Gasteiger partial charge in [0.15, 0.2) is 0 Å². The minimum absolute atomic E-state index is 0.278. The highest BCUT2D eigenvalue weighted by Crippen LogP contribution is 2.43. The average Bonchev–Trinajstić information content (AvgIpc) is 2.54. The fourth-order valence-electron chi connectivity index (χ4n) is 1.81. The van der Waals surface area contributed by atoms with Crippen molar-refractivity contribution in [2.75, 3.05) is 11.9 Å². The Bertz CT molecular complexity index is 378. The van der Waals surface area contributed by atoms with E-state index >= 15 is 0 Å². The Morgan fingerprint density at radius 3 is 2.87 bits per heavy atom. The van der Waals surface area contributed by atoms with Gasteiger partial charge < -0.3 is 9.69 Å². The van der Waals surface area contributed by atoms with Crippen LogP contribution in [0, 0.1) is 0 Å². The fourth-order valence-corrected chi connectivity index (χ4v) is 3.10. The van der Waals surface area contributed by atoms with Gasteiger partial charge >= 0.3 is 0 Å². The van der Waals surface area contributed by atoms with Crippen molar-refractivity contribution in [3.63, 3.8) is 0 Å². The fraction of sp³-hybridized carbons (Fsp3) is 0.417. The summed E-state index contributed by atoms with van der Waals surface area (Å²) in [7, 11) is 2.10. The molecular weight excluding hydrogens is 206 g/mol. The molecule has 2 rings (SSSR count). The van der Waals surface area contributed by atoms with E-state index in [1.54, 1.807) is 6.92 Å². The first-order valence-electron chi connectivity index (χ1n) is 5.16. The lowest BCUT2D eigenvalue weighted by Gasteiger charge is -2.20. The Kier molecular flexibility index (Phi) is 3.00. The number of fused-ring (bicyclic) bond motifs is 1. The quantitative estimate of drug-likeness (QED) is 0.782. The molecule has 1 aliphatic heterocycles. The van der Waals surface area contributed by atoms with Crippen LogP contribution in [0.2, 0.25) is 0 Å². The number of anilines is 1. The monoisotopic (exact) mass is 221 g/mol. The molecule has 80 valence electrons. The van der Waals surface area contributed by atoms with E-state index in [1.807, 2.05) is 11.8 Å². The van der Waals surface area contributed by atoms with Crippen molar-refractivity contribution in [3.8, 4) is 0 Å². The summed E-state index contributed by atoms with van der Waals surface area (Å²) in [6.07, 6.45) is 1.61. The number of rotatable bonds is 3. The molecule has 1 aromatic carbocycles. The smallest absolute Gasteiger partial charge is 0.129 e. The summed E-state index contributed by atoms with van der Waals surface area (Å²) in [5.41, 5.74) is 1.29. The number of carbonyl (C=O) groups excluding carboxylic acids is 1. The van der Waals surface area contributed by atoms with E-state index in [0.717, 1.165) is 6.42 Å². The molecule has 0 spiro atoms. The molecule has 0 aliphatic carbocycles. The van der Waals surface area contributed by atoms with E-state index in [9.17, 15) is 4.79 Å². The van der Waals surface area contributed by atoms with Crippen LogP contribution >= 0.6 is 11.8 Å². The van der Waals surface area contributed by atoms with Crippen molar-refractivity contribution in [1.82, 2.24) is 0 Å². The predicted octanol–water partition coefficient (Wildman–Crippen LogP) is 2.92. The van der Waals surface area contributed by atoms with Gasteiger partial charge in [-0.05, 0) is 25.5 Å². The molecule has 0 radical (unpaired) electrons. The molecule has 0 aromatic heterocycles. The molecule has 2 nitrogen and oxygen atoms in total. The summed E-state index contributed by atoms with van der Waals surface area (Å²) in [6.45, 7) is 1.66. The SMILES string of the molecule is CC(=O)CCC1Sc2ccccc2N1C. The van der Waals surface area contributed by atoms with Crippen molar-refractivity contribution in [2.45, 2.75) is 30.0 Å². The van der Waals surface area contributed by atoms with Crippen LogP contribution in [0.15, 0.2) is 29.2 Å². The largest absolute Gasteiger partial charge is 0.361 e. The van der Waals surface area contributed by atoms with Crippen LogP contribution in [0.4, 0.5) is 5.69 Å². The van der Waals surface area contributed by atoms with E-state index in [1.165, 1.54) is 10.6 Å². The number of carbonyl (C=O) groups is 1. The molecule has 15 heavy (non-hydrogen) atoms. The van der Waals surface area contributed by atoms with Gasteiger partial charge in [-0.1, -0.05) is 23.9 Å². The average molecular weight is 221 g/mol. The van der Waals surface area contributed by atoms with Gasteiger partial charge in [0.25, 0.3) is 0 Å². The van der Waals surface area contributed by atoms with Crippen molar-refractivity contribution >= 4 is 23.2 Å². The second-order valence-electron chi connectivity index (χ2n) is 3.89. The lowest BCUT2D eigenvalue weighted by atomic mass is 10.2. The highest BCUT2D eigenvalue weighted by Gasteiger charge is 2.26. The van der Waals surface area contributed by atoms with Gasteiger partial charge in [-0.15, -0.1) is 0 Å². The maximum atomic E-state index is 11.0. The molecule has 0 bridgehead atoms. The molecule has 0 amide bonds. The normalized spacial score (nSPS) is 19.1. The molecule has 0 N–H and O–H groups in total. The lowest BCUT2D eigenvalue weighted by molar-refractivity contribution is -0.117. The second-order valence-corrected chi connectivity index (χ2v) is 5.11. The molecular formula is C12H15NOS. The molecule has 0 saturated heterocycles. The minimum atomic E-state index is 0.278. The Morgan fingerprint density at radius 2 is 2.20 bits per heavy atom. The van der Waals surface area contributed by atoms with Crippen molar-refractivity contribution < 1.29 is 4.79 Å². The van der Waals surface area contributed by atoms with E-state index in [4.69, 9.17) is 0 Å². The zero-order valence-corrected chi connectivity index (χ0v) is 9.88. The predicted molar refractivity (Wildman–Crippen MR) is 64.4 cm³/mol. The van der Waals surface area contributed by atoms with Gasteiger partial charge in [0.1, 0.15) is 5.78 Å². The molecule has 1 atom stereocenters. The standard InChI is InChI=1S/C12H15NOS/c1-9(14)7-8-12-13(2)10-5-3-4-6-11(10)15-12/h3-6,12H,7-8H2,1-2H3. The molecule has 1 aromatic rings. The summed E-state index contributed by atoms with van der Waals surface area (Å²) >= 11 is 1.86. The van der Waals surface area contributed by atoms with Crippen molar-refractivity contribution in [1.29, 1.82) is 0 Å². The number of benzene rings is 1. The van der Waals surface area contributed by atoms with Gasteiger partial charge in [-0.3, -0.25) is 0 Å². The Labute approximate surface area is 94.7 Å². The molecule has 0 fully saturated rings. The third-order valence-corrected chi connectivity index (χ3v) is 4.11. The Balaban J connectivity index is 2.06. The van der Waals surface area contributed by atoms with Crippen LogP contribution in [0.1, 0.15) is 19.8 Å². The van der Waals surface area contributed by atoms with Gasteiger partial charge in [-0.2, -0.15) is 0 Å². The first-order valence-corrected chi connectivity index (χ1v) is 6.04. The maximum absolute atomic E-state index is 11.0. The van der Waals surface area contributed by atoms with E-state index in [0.29, 0.717) is 11.8 Å². The highest BCUT2D eigenvalue weighted by atomic mass is 32.2. The molecule has 1 unspecified atom stereocenters. The highest BCUT2D eigenvalue weighted by molar-refractivity contribution is 8.00. The Morgan fingerprint density at radius 1 is 1.47 bits per heavy atom. The summed E-state index contributed by atoms with van der Waals surface area (Å²) in [6, 6.07) is 8.40. The van der Waals surface area contributed by atoms with Crippen molar-refractivity contribution in [2.24, 2.45) is 0 Å². The number of hydrogen-bond donors (Lipinski definition) is 0. The third-order valence-electron chi connectivity index (χ3n) is 2.68. The topological polar surface area (TPSA) is 20.3 Å². The summed E-state index contributed by atoms with van der Waals surface area (Å²) in [5, 5.41) is 0.422. The van der Waals surface area contributed by atoms with Crippen LogP contribution in [0.3, 0.4) is 0 Å². The molecule has 1 heterocycles. The van der Waals surface area contributed by atoms with E-state index in [2.05, 4.69) is 36.2 Å². The third kappa shape index (κ3) is 2.17. The number of para-hydroxylation sites is 1. The maximum Gasteiger partial charge on any atom is 0.129 e. The first kappa shape index (κ1) is 10.6. The number of hydrogen-bond acceptors (Lipinski definition) is 3. The van der Waals surface area contributed by atoms with Crippen LogP contribution in [0.5, 0.6) is 0 Å². The minimum Gasteiger partial charge on any atom is -0.361 e. The summed E-state index contributed by atoms with van der Waals surface area (Å²) < 4.78 is 0. The molecule has 0 saturated carbocycles. The van der Waals surface area contributed by atoms with Gasteiger partial charge in [0, 0.05) is 18.4 Å².